The Morgan fingerprint density at radius 1 is 1.15 bits per heavy atom. The molecule has 0 amide bonds. The molecule has 1 aromatic heterocycles. The normalized spacial score (nSPS) is 11.6. The molecule has 5 heteroatoms. The number of rotatable bonds is 3. The molecule has 1 heterocycles. The second-order valence-electron chi connectivity index (χ2n) is 4.68. The first-order valence-corrected chi connectivity index (χ1v) is 8.02. The fourth-order valence-corrected chi connectivity index (χ4v) is 3.42. The van der Waals surface area contributed by atoms with Crippen molar-refractivity contribution < 1.29 is 8.42 Å². The Balaban J connectivity index is 2.92. The molecule has 0 N–H and O–H groups in total. The van der Waals surface area contributed by atoms with Gasteiger partial charge in [-0.05, 0) is 12.5 Å². The lowest BCUT2D eigenvalue weighted by molar-refractivity contribution is 0.595. The smallest absolute Gasteiger partial charge is 0.253 e. The summed E-state index contributed by atoms with van der Waals surface area (Å²) in [4.78, 5) is 12.3. The van der Waals surface area contributed by atoms with Crippen LogP contribution in [0.2, 0.25) is 0 Å². The topological polar surface area (TPSA) is 56.1 Å². The minimum atomic E-state index is -3.40. The van der Waals surface area contributed by atoms with Gasteiger partial charge in [-0.3, -0.25) is 4.79 Å². The molecule has 0 spiro atoms. The third kappa shape index (κ3) is 2.41. The van der Waals surface area contributed by atoms with Crippen molar-refractivity contribution in [3.05, 3.63) is 52.4 Å². The molecule has 2 aromatic rings. The third-order valence-electron chi connectivity index (χ3n) is 3.35. The Hall–Kier alpha value is -1.88. The standard InChI is InChI=1S/C15H17NO3S/c1-4-20(18,19)13-10-16(3)15(17)11(2)14(13)12-8-6-5-7-9-12/h5-10H,4H2,1-3H3. The van der Waals surface area contributed by atoms with Crippen molar-refractivity contribution in [3.63, 3.8) is 0 Å². The Morgan fingerprint density at radius 3 is 2.30 bits per heavy atom. The van der Waals surface area contributed by atoms with Crippen LogP contribution in [-0.4, -0.2) is 18.7 Å². The molecular formula is C15H17NO3S. The summed E-state index contributed by atoms with van der Waals surface area (Å²) in [6.07, 6.45) is 1.41. The van der Waals surface area contributed by atoms with Crippen LogP contribution in [0.15, 0.2) is 46.2 Å². The molecule has 0 atom stereocenters. The summed E-state index contributed by atoms with van der Waals surface area (Å²) in [5, 5.41) is 0. The van der Waals surface area contributed by atoms with Crippen molar-refractivity contribution in [1.82, 2.24) is 4.57 Å². The molecule has 0 unspecified atom stereocenters. The third-order valence-corrected chi connectivity index (χ3v) is 5.09. The fraction of sp³-hybridized carbons (Fsp3) is 0.267. The Labute approximate surface area is 118 Å². The van der Waals surface area contributed by atoms with E-state index in [4.69, 9.17) is 0 Å². The van der Waals surface area contributed by atoms with Crippen LogP contribution in [-0.2, 0) is 16.9 Å². The summed E-state index contributed by atoms with van der Waals surface area (Å²) in [6.45, 7) is 3.27. The Kier molecular flexibility index (Phi) is 3.81. The van der Waals surface area contributed by atoms with Gasteiger partial charge >= 0.3 is 0 Å². The van der Waals surface area contributed by atoms with Crippen molar-refractivity contribution in [3.8, 4) is 11.1 Å². The zero-order valence-electron chi connectivity index (χ0n) is 11.8. The minimum Gasteiger partial charge on any atom is -0.317 e. The quantitative estimate of drug-likeness (QED) is 0.870. The summed E-state index contributed by atoms with van der Waals surface area (Å²) in [7, 11) is -1.83. The molecule has 20 heavy (non-hydrogen) atoms. The number of sulfone groups is 1. The van der Waals surface area contributed by atoms with Crippen LogP contribution in [0, 0.1) is 6.92 Å². The zero-order chi connectivity index (χ0) is 14.9. The van der Waals surface area contributed by atoms with Crippen molar-refractivity contribution in [2.24, 2.45) is 7.05 Å². The van der Waals surface area contributed by atoms with Crippen molar-refractivity contribution in [2.45, 2.75) is 18.7 Å². The van der Waals surface area contributed by atoms with Crippen LogP contribution in [0.5, 0.6) is 0 Å². The predicted octanol–water partition coefficient (Wildman–Crippen LogP) is 2.15. The van der Waals surface area contributed by atoms with Crippen LogP contribution in [0.4, 0.5) is 0 Å². The first kappa shape index (κ1) is 14.5. The van der Waals surface area contributed by atoms with Crippen LogP contribution in [0.25, 0.3) is 11.1 Å². The highest BCUT2D eigenvalue weighted by Crippen LogP contribution is 2.29. The number of aromatic nitrogens is 1. The highest BCUT2D eigenvalue weighted by atomic mass is 32.2. The SMILES string of the molecule is CCS(=O)(=O)c1cn(C)c(=O)c(C)c1-c1ccccc1. The van der Waals surface area contributed by atoms with Gasteiger partial charge in [0, 0.05) is 24.4 Å². The molecule has 0 saturated heterocycles. The van der Waals surface area contributed by atoms with E-state index in [0.29, 0.717) is 11.1 Å². The van der Waals surface area contributed by atoms with E-state index in [9.17, 15) is 13.2 Å². The summed E-state index contributed by atoms with van der Waals surface area (Å²) in [5.41, 5.74) is 1.53. The fourth-order valence-electron chi connectivity index (χ4n) is 2.21. The van der Waals surface area contributed by atoms with Crippen molar-refractivity contribution in [2.75, 3.05) is 5.75 Å². The maximum absolute atomic E-state index is 12.3. The molecule has 0 bridgehead atoms. The van der Waals surface area contributed by atoms with E-state index in [1.54, 1.807) is 20.9 Å². The lowest BCUT2D eigenvalue weighted by Gasteiger charge is -2.14. The van der Waals surface area contributed by atoms with Gasteiger partial charge in [0.25, 0.3) is 5.56 Å². The van der Waals surface area contributed by atoms with E-state index in [-0.39, 0.29) is 16.2 Å². The van der Waals surface area contributed by atoms with E-state index < -0.39 is 9.84 Å². The maximum Gasteiger partial charge on any atom is 0.253 e. The van der Waals surface area contributed by atoms with Crippen molar-refractivity contribution >= 4 is 9.84 Å². The minimum absolute atomic E-state index is 0.00444. The second kappa shape index (κ2) is 5.25. The number of hydrogen-bond donors (Lipinski definition) is 0. The van der Waals surface area contributed by atoms with Gasteiger partial charge in [-0.25, -0.2) is 8.42 Å². The maximum atomic E-state index is 12.3. The summed E-state index contributed by atoms with van der Waals surface area (Å²) >= 11 is 0. The van der Waals surface area contributed by atoms with Crippen LogP contribution >= 0.6 is 0 Å². The van der Waals surface area contributed by atoms with Gasteiger partial charge < -0.3 is 4.57 Å². The summed E-state index contributed by atoms with van der Waals surface area (Å²) in [5.74, 6) is 0.00444. The zero-order valence-corrected chi connectivity index (χ0v) is 12.6. The molecule has 0 aliphatic rings. The lowest BCUT2D eigenvalue weighted by atomic mass is 10.0. The predicted molar refractivity (Wildman–Crippen MR) is 79.6 cm³/mol. The van der Waals surface area contributed by atoms with E-state index in [1.807, 2.05) is 30.3 Å². The first-order chi connectivity index (χ1) is 9.38. The van der Waals surface area contributed by atoms with Crippen LogP contribution < -0.4 is 5.56 Å². The second-order valence-corrected chi connectivity index (χ2v) is 6.93. The number of benzene rings is 1. The van der Waals surface area contributed by atoms with E-state index in [0.717, 1.165) is 5.56 Å². The molecule has 1 aromatic carbocycles. The average molecular weight is 291 g/mol. The highest BCUT2D eigenvalue weighted by molar-refractivity contribution is 7.91. The largest absolute Gasteiger partial charge is 0.317 e. The monoisotopic (exact) mass is 291 g/mol. The van der Waals surface area contributed by atoms with E-state index >= 15 is 0 Å². The molecule has 106 valence electrons. The van der Waals surface area contributed by atoms with Gasteiger partial charge in [0.2, 0.25) is 0 Å². The number of hydrogen-bond acceptors (Lipinski definition) is 3. The van der Waals surface area contributed by atoms with E-state index in [1.165, 1.54) is 10.8 Å². The van der Waals surface area contributed by atoms with Gasteiger partial charge in [0.05, 0.1) is 10.6 Å². The molecule has 4 nitrogen and oxygen atoms in total. The molecule has 0 aliphatic carbocycles. The molecule has 0 fully saturated rings. The summed E-state index contributed by atoms with van der Waals surface area (Å²) in [6, 6.07) is 9.14. The van der Waals surface area contributed by atoms with E-state index in [2.05, 4.69) is 0 Å². The average Bonchev–Trinajstić information content (AvgIpc) is 2.45. The number of pyridine rings is 1. The van der Waals surface area contributed by atoms with Crippen molar-refractivity contribution in [1.29, 1.82) is 0 Å². The van der Waals surface area contributed by atoms with Gasteiger partial charge in [0.1, 0.15) is 0 Å². The Morgan fingerprint density at radius 2 is 1.75 bits per heavy atom. The lowest BCUT2D eigenvalue weighted by Crippen LogP contribution is -2.22. The molecule has 2 rings (SSSR count). The van der Waals surface area contributed by atoms with Gasteiger partial charge in [-0.15, -0.1) is 0 Å². The number of aryl methyl sites for hydroxylation is 1. The summed E-state index contributed by atoms with van der Waals surface area (Å²) < 4.78 is 25.9. The van der Waals surface area contributed by atoms with Crippen LogP contribution in [0.3, 0.4) is 0 Å². The van der Waals surface area contributed by atoms with Gasteiger partial charge in [-0.1, -0.05) is 37.3 Å². The number of nitrogens with zero attached hydrogens (tertiary/aromatic N) is 1. The first-order valence-electron chi connectivity index (χ1n) is 6.37. The molecular weight excluding hydrogens is 274 g/mol. The Bertz CT molecular complexity index is 790. The van der Waals surface area contributed by atoms with Gasteiger partial charge in [-0.2, -0.15) is 0 Å². The molecule has 0 saturated carbocycles. The van der Waals surface area contributed by atoms with Crippen LogP contribution in [0.1, 0.15) is 12.5 Å². The highest BCUT2D eigenvalue weighted by Gasteiger charge is 2.22. The molecule has 0 aliphatic heterocycles. The van der Waals surface area contributed by atoms with Gasteiger partial charge in [0.15, 0.2) is 9.84 Å². The molecule has 0 radical (unpaired) electrons.